The quantitative estimate of drug-likeness (QED) is 0.472. The topological polar surface area (TPSA) is 101 Å². The van der Waals surface area contributed by atoms with Crippen LogP contribution < -0.4 is 15.4 Å². The van der Waals surface area contributed by atoms with E-state index in [4.69, 9.17) is 4.74 Å². The van der Waals surface area contributed by atoms with Crippen LogP contribution in [0.5, 0.6) is 11.5 Å². The summed E-state index contributed by atoms with van der Waals surface area (Å²) < 4.78 is 7.72. The minimum atomic E-state index is -0.574. The van der Waals surface area contributed by atoms with Crippen LogP contribution in [0.15, 0.2) is 52.4 Å². The van der Waals surface area contributed by atoms with E-state index in [1.54, 1.807) is 16.8 Å². The predicted molar refractivity (Wildman–Crippen MR) is 126 cm³/mol. The molecule has 0 spiro atoms. The van der Waals surface area contributed by atoms with Gasteiger partial charge in [-0.05, 0) is 78.5 Å². The van der Waals surface area contributed by atoms with Crippen molar-refractivity contribution in [2.45, 2.75) is 33.7 Å². The fourth-order valence-electron chi connectivity index (χ4n) is 3.79. The molecule has 166 valence electrons. The summed E-state index contributed by atoms with van der Waals surface area (Å²) in [6.07, 6.45) is 1.44. The molecule has 0 bridgehead atoms. The monoisotopic (exact) mass is 497 g/mol. The summed E-state index contributed by atoms with van der Waals surface area (Å²) in [5.74, 6) is 0.601. The van der Waals surface area contributed by atoms with Crippen LogP contribution in [0.2, 0.25) is 0 Å². The van der Waals surface area contributed by atoms with Crippen molar-refractivity contribution in [1.29, 1.82) is 0 Å². The van der Waals surface area contributed by atoms with Gasteiger partial charge in [-0.25, -0.2) is 4.68 Å². The Morgan fingerprint density at radius 2 is 2.09 bits per heavy atom. The number of aromatic hydroxyl groups is 1. The molecular formula is C23H24BrN5O3. The number of benzene rings is 2. The standard InChI is InChI=1S/C23H24BrN5O3/c1-5-32-18-10-15(9-16(24)21(18)30)20-19(14(4)27-23-25-11-26-29(20)23)22(31)28-17-8-6-7-12(2)13(17)3/h6-11,20,30H,5H2,1-4H3,(H,28,31)(H,25,26,27). The van der Waals surface area contributed by atoms with Crippen molar-refractivity contribution in [2.24, 2.45) is 0 Å². The molecule has 2 aromatic carbocycles. The number of phenols is 1. The molecular weight excluding hydrogens is 474 g/mol. The zero-order valence-corrected chi connectivity index (χ0v) is 19.8. The number of hydrogen-bond acceptors (Lipinski definition) is 6. The van der Waals surface area contributed by atoms with E-state index < -0.39 is 6.04 Å². The van der Waals surface area contributed by atoms with E-state index in [-0.39, 0.29) is 11.7 Å². The van der Waals surface area contributed by atoms with E-state index in [1.165, 1.54) is 6.33 Å². The fourth-order valence-corrected chi connectivity index (χ4v) is 4.25. The van der Waals surface area contributed by atoms with Gasteiger partial charge in [0, 0.05) is 11.4 Å². The number of rotatable bonds is 5. The smallest absolute Gasteiger partial charge is 0.255 e. The third-order valence-corrected chi connectivity index (χ3v) is 6.16. The van der Waals surface area contributed by atoms with E-state index >= 15 is 0 Å². The second-order valence-corrected chi connectivity index (χ2v) is 8.43. The van der Waals surface area contributed by atoms with Gasteiger partial charge in [0.2, 0.25) is 5.95 Å². The largest absolute Gasteiger partial charge is 0.503 e. The number of aromatic nitrogens is 3. The first-order valence-corrected chi connectivity index (χ1v) is 11.0. The van der Waals surface area contributed by atoms with Gasteiger partial charge in [0.1, 0.15) is 12.4 Å². The second kappa shape index (κ2) is 8.66. The van der Waals surface area contributed by atoms with Crippen molar-refractivity contribution in [2.75, 3.05) is 17.2 Å². The van der Waals surface area contributed by atoms with E-state index in [1.807, 2.05) is 45.9 Å². The minimum absolute atomic E-state index is 0.00503. The zero-order chi connectivity index (χ0) is 23.0. The van der Waals surface area contributed by atoms with Crippen LogP contribution in [-0.4, -0.2) is 32.4 Å². The van der Waals surface area contributed by atoms with Gasteiger partial charge in [-0.3, -0.25) is 4.79 Å². The minimum Gasteiger partial charge on any atom is -0.503 e. The molecule has 1 aromatic heterocycles. The van der Waals surface area contributed by atoms with Crippen molar-refractivity contribution in [3.05, 3.63) is 69.1 Å². The normalized spacial score (nSPS) is 15.2. The number of hydrogen-bond donors (Lipinski definition) is 3. The van der Waals surface area contributed by atoms with Crippen LogP contribution in [0.4, 0.5) is 11.6 Å². The average molecular weight is 498 g/mol. The summed E-state index contributed by atoms with van der Waals surface area (Å²) in [4.78, 5) is 17.8. The maximum atomic E-state index is 13.6. The molecule has 8 nitrogen and oxygen atoms in total. The summed E-state index contributed by atoms with van der Waals surface area (Å²) in [5.41, 5.74) is 4.72. The van der Waals surface area contributed by atoms with Crippen LogP contribution in [0.25, 0.3) is 0 Å². The second-order valence-electron chi connectivity index (χ2n) is 7.58. The molecule has 1 aliphatic heterocycles. The summed E-state index contributed by atoms with van der Waals surface area (Å²) >= 11 is 3.40. The van der Waals surface area contributed by atoms with Crippen molar-refractivity contribution < 1.29 is 14.6 Å². The first-order chi connectivity index (χ1) is 15.3. The molecule has 32 heavy (non-hydrogen) atoms. The number of nitrogens with zero attached hydrogens (tertiary/aromatic N) is 3. The molecule has 9 heteroatoms. The Morgan fingerprint density at radius 3 is 2.84 bits per heavy atom. The number of fused-ring (bicyclic) bond motifs is 1. The van der Waals surface area contributed by atoms with Crippen molar-refractivity contribution >= 4 is 33.5 Å². The van der Waals surface area contributed by atoms with E-state index in [0.717, 1.165) is 22.4 Å². The third-order valence-electron chi connectivity index (χ3n) is 5.56. The molecule has 1 atom stereocenters. The van der Waals surface area contributed by atoms with Gasteiger partial charge in [0.05, 0.1) is 16.7 Å². The average Bonchev–Trinajstić information content (AvgIpc) is 3.21. The number of allylic oxidation sites excluding steroid dienone is 1. The number of carbonyl (C=O) groups is 1. The Kier molecular flexibility index (Phi) is 5.92. The highest BCUT2D eigenvalue weighted by Crippen LogP contribution is 2.42. The Hall–Kier alpha value is -3.33. The number of ether oxygens (including phenoxy) is 1. The Morgan fingerprint density at radius 1 is 1.31 bits per heavy atom. The predicted octanol–water partition coefficient (Wildman–Crippen LogP) is 4.69. The molecule has 2 heterocycles. The van der Waals surface area contributed by atoms with Gasteiger partial charge in [-0.1, -0.05) is 12.1 Å². The fraction of sp³-hybridized carbons (Fsp3) is 0.261. The number of phenolic OH excluding ortho intramolecular Hbond substituents is 1. The molecule has 0 saturated carbocycles. The SMILES string of the molecule is CCOc1cc(C2C(C(=O)Nc3cccc(C)c3C)=C(C)Nc3ncnn32)cc(Br)c1O. The molecule has 1 aliphatic rings. The Balaban J connectivity index is 1.82. The molecule has 1 unspecified atom stereocenters. The lowest BCUT2D eigenvalue weighted by Gasteiger charge is -2.29. The van der Waals surface area contributed by atoms with E-state index in [0.29, 0.717) is 34.0 Å². The van der Waals surface area contributed by atoms with Gasteiger partial charge in [-0.15, -0.1) is 0 Å². The van der Waals surface area contributed by atoms with Gasteiger partial charge in [-0.2, -0.15) is 10.1 Å². The number of nitrogens with one attached hydrogen (secondary N) is 2. The van der Waals surface area contributed by atoms with Gasteiger partial charge in [0.25, 0.3) is 5.91 Å². The first kappa shape index (κ1) is 21.9. The number of aryl methyl sites for hydroxylation is 1. The van der Waals surface area contributed by atoms with Gasteiger partial charge >= 0.3 is 0 Å². The van der Waals surface area contributed by atoms with E-state index in [9.17, 15) is 9.90 Å². The van der Waals surface area contributed by atoms with Crippen LogP contribution >= 0.6 is 15.9 Å². The lowest BCUT2D eigenvalue weighted by molar-refractivity contribution is -0.113. The molecule has 4 rings (SSSR count). The molecule has 1 amide bonds. The van der Waals surface area contributed by atoms with Crippen LogP contribution in [0.1, 0.15) is 36.6 Å². The maximum absolute atomic E-state index is 13.6. The molecule has 3 N–H and O–H groups in total. The van der Waals surface area contributed by atoms with Crippen molar-refractivity contribution in [1.82, 2.24) is 14.8 Å². The highest BCUT2D eigenvalue weighted by Gasteiger charge is 2.34. The van der Waals surface area contributed by atoms with E-state index in [2.05, 4.69) is 36.6 Å². The van der Waals surface area contributed by atoms with Crippen LogP contribution in [0.3, 0.4) is 0 Å². The maximum Gasteiger partial charge on any atom is 0.255 e. The molecule has 0 aliphatic carbocycles. The van der Waals surface area contributed by atoms with Crippen LogP contribution in [0, 0.1) is 13.8 Å². The summed E-state index contributed by atoms with van der Waals surface area (Å²) in [7, 11) is 0. The highest BCUT2D eigenvalue weighted by atomic mass is 79.9. The number of anilines is 2. The Bertz CT molecular complexity index is 1230. The molecule has 0 radical (unpaired) electrons. The van der Waals surface area contributed by atoms with Gasteiger partial charge in [0.15, 0.2) is 11.5 Å². The van der Waals surface area contributed by atoms with Crippen molar-refractivity contribution in [3.63, 3.8) is 0 Å². The lowest BCUT2D eigenvalue weighted by Crippen LogP contribution is -2.31. The zero-order valence-electron chi connectivity index (χ0n) is 18.2. The summed E-state index contributed by atoms with van der Waals surface area (Å²) in [6, 6.07) is 8.71. The van der Waals surface area contributed by atoms with Crippen LogP contribution in [-0.2, 0) is 4.79 Å². The third kappa shape index (κ3) is 3.84. The highest BCUT2D eigenvalue weighted by molar-refractivity contribution is 9.10. The summed E-state index contributed by atoms with van der Waals surface area (Å²) in [5, 5.41) is 20.9. The number of halogens is 1. The first-order valence-electron chi connectivity index (χ1n) is 10.2. The van der Waals surface area contributed by atoms with Crippen molar-refractivity contribution in [3.8, 4) is 11.5 Å². The molecule has 0 saturated heterocycles. The number of carbonyl (C=O) groups excluding carboxylic acids is 1. The van der Waals surface area contributed by atoms with Gasteiger partial charge < -0.3 is 20.5 Å². The molecule has 3 aromatic rings. The Labute approximate surface area is 194 Å². The number of amides is 1. The molecule has 0 fully saturated rings. The lowest BCUT2D eigenvalue weighted by atomic mass is 9.94. The summed E-state index contributed by atoms with van der Waals surface area (Å²) in [6.45, 7) is 8.05.